The third-order valence-electron chi connectivity index (χ3n) is 3.20. The van der Waals surface area contributed by atoms with Gasteiger partial charge in [0, 0.05) is 0 Å². The maximum Gasteiger partial charge on any atom is 0.237 e. The van der Waals surface area contributed by atoms with Crippen molar-refractivity contribution in [3.63, 3.8) is 0 Å². The molecule has 0 saturated carbocycles. The molecule has 0 bridgehead atoms. The van der Waals surface area contributed by atoms with Crippen LogP contribution >= 0.6 is 11.8 Å². The number of amides is 1. The van der Waals surface area contributed by atoms with Crippen LogP contribution in [0.4, 0.5) is 0 Å². The van der Waals surface area contributed by atoms with Crippen LogP contribution in [0.15, 0.2) is 30.3 Å². The van der Waals surface area contributed by atoms with Crippen LogP contribution in [-0.2, 0) is 4.79 Å². The van der Waals surface area contributed by atoms with Crippen molar-refractivity contribution in [1.82, 2.24) is 5.32 Å². The van der Waals surface area contributed by atoms with Crippen LogP contribution in [0.1, 0.15) is 38.3 Å². The summed E-state index contributed by atoms with van der Waals surface area (Å²) in [6.07, 6.45) is 3.66. The quantitative estimate of drug-likeness (QED) is 0.775. The number of nitrogens with one attached hydrogen (secondary N) is 1. The topological polar surface area (TPSA) is 55.1 Å². The lowest BCUT2D eigenvalue weighted by Gasteiger charge is -2.23. The molecular formula is C16H26N2OS. The molecule has 0 aliphatic heterocycles. The van der Waals surface area contributed by atoms with E-state index < -0.39 is 6.04 Å². The number of benzene rings is 1. The predicted molar refractivity (Wildman–Crippen MR) is 87.8 cm³/mol. The average Bonchev–Trinajstić information content (AvgIpc) is 2.44. The van der Waals surface area contributed by atoms with Crippen molar-refractivity contribution in [3.8, 4) is 0 Å². The first-order valence-corrected chi connectivity index (χ1v) is 8.53. The van der Waals surface area contributed by atoms with E-state index in [9.17, 15) is 4.79 Å². The molecule has 0 heterocycles. The monoisotopic (exact) mass is 294 g/mol. The van der Waals surface area contributed by atoms with Gasteiger partial charge in [-0.05, 0) is 36.3 Å². The van der Waals surface area contributed by atoms with E-state index in [1.54, 1.807) is 11.8 Å². The molecular weight excluding hydrogens is 268 g/mol. The van der Waals surface area contributed by atoms with Gasteiger partial charge in [-0.25, -0.2) is 0 Å². The van der Waals surface area contributed by atoms with E-state index in [0.29, 0.717) is 5.92 Å². The van der Waals surface area contributed by atoms with Gasteiger partial charge in [-0.1, -0.05) is 44.2 Å². The van der Waals surface area contributed by atoms with Gasteiger partial charge in [0.1, 0.15) is 0 Å². The Balaban J connectivity index is 2.68. The van der Waals surface area contributed by atoms with Crippen LogP contribution in [-0.4, -0.2) is 24.0 Å². The van der Waals surface area contributed by atoms with Crippen molar-refractivity contribution < 1.29 is 4.79 Å². The maximum absolute atomic E-state index is 12.2. The molecule has 0 aromatic heterocycles. The lowest BCUT2D eigenvalue weighted by Crippen LogP contribution is -2.42. The summed E-state index contributed by atoms with van der Waals surface area (Å²) in [7, 11) is 0. The average molecular weight is 294 g/mol. The molecule has 2 atom stereocenters. The molecule has 0 fully saturated rings. The molecule has 1 unspecified atom stereocenters. The van der Waals surface area contributed by atoms with Crippen molar-refractivity contribution >= 4 is 17.7 Å². The fourth-order valence-electron chi connectivity index (χ4n) is 2.09. The lowest BCUT2D eigenvalue weighted by atomic mass is 9.96. The fourth-order valence-corrected chi connectivity index (χ4v) is 2.58. The molecule has 112 valence electrons. The van der Waals surface area contributed by atoms with E-state index in [-0.39, 0.29) is 11.9 Å². The Labute approximate surface area is 126 Å². The Kier molecular flexibility index (Phi) is 7.70. The van der Waals surface area contributed by atoms with Crippen LogP contribution in [0.5, 0.6) is 0 Å². The van der Waals surface area contributed by atoms with Gasteiger partial charge in [0.05, 0.1) is 12.1 Å². The summed E-state index contributed by atoms with van der Waals surface area (Å²) in [5.41, 5.74) is 7.08. The zero-order valence-electron chi connectivity index (χ0n) is 12.6. The van der Waals surface area contributed by atoms with Crippen molar-refractivity contribution in [1.29, 1.82) is 0 Å². The smallest absolute Gasteiger partial charge is 0.237 e. The highest BCUT2D eigenvalue weighted by atomic mass is 32.2. The van der Waals surface area contributed by atoms with Crippen molar-refractivity contribution in [2.75, 3.05) is 12.0 Å². The maximum atomic E-state index is 12.2. The number of hydrogen-bond donors (Lipinski definition) is 2. The molecule has 0 aliphatic rings. The van der Waals surface area contributed by atoms with Gasteiger partial charge >= 0.3 is 0 Å². The SMILES string of the molecule is CSCC[C@@H](N)C(=O)NC(CC(C)C)c1ccccc1. The van der Waals surface area contributed by atoms with E-state index in [2.05, 4.69) is 31.3 Å². The number of hydrogen-bond acceptors (Lipinski definition) is 3. The number of nitrogens with two attached hydrogens (primary N) is 1. The number of thioether (sulfide) groups is 1. The Morgan fingerprint density at radius 3 is 2.50 bits per heavy atom. The minimum atomic E-state index is -0.416. The Bertz CT molecular complexity index is 395. The highest BCUT2D eigenvalue weighted by Crippen LogP contribution is 2.21. The summed E-state index contributed by atoms with van der Waals surface area (Å²) >= 11 is 1.71. The fraction of sp³-hybridized carbons (Fsp3) is 0.562. The van der Waals surface area contributed by atoms with Gasteiger partial charge in [0.15, 0.2) is 0 Å². The summed E-state index contributed by atoms with van der Waals surface area (Å²) in [6.45, 7) is 4.32. The first-order chi connectivity index (χ1) is 9.54. The molecule has 3 N–H and O–H groups in total. The van der Waals surface area contributed by atoms with Gasteiger partial charge in [-0.15, -0.1) is 0 Å². The zero-order valence-corrected chi connectivity index (χ0v) is 13.5. The third kappa shape index (κ3) is 5.97. The number of rotatable bonds is 8. The summed E-state index contributed by atoms with van der Waals surface area (Å²) in [5, 5.41) is 3.10. The molecule has 4 heteroatoms. The number of carbonyl (C=O) groups excluding carboxylic acids is 1. The standard InChI is InChI=1S/C16H26N2OS/c1-12(2)11-15(13-7-5-4-6-8-13)18-16(19)14(17)9-10-20-3/h4-8,12,14-15H,9-11,17H2,1-3H3,(H,18,19)/t14-,15?/m1/s1. The van der Waals surface area contributed by atoms with Gasteiger partial charge in [0.2, 0.25) is 5.91 Å². The van der Waals surface area contributed by atoms with Crippen LogP contribution in [0, 0.1) is 5.92 Å². The van der Waals surface area contributed by atoms with E-state index in [1.807, 2.05) is 24.5 Å². The molecule has 20 heavy (non-hydrogen) atoms. The molecule has 0 radical (unpaired) electrons. The van der Waals surface area contributed by atoms with Gasteiger partial charge in [-0.3, -0.25) is 4.79 Å². The second-order valence-electron chi connectivity index (χ2n) is 5.49. The minimum absolute atomic E-state index is 0.0454. The molecule has 1 aromatic rings. The Hall–Kier alpha value is -1.00. The molecule has 0 aliphatic carbocycles. The Morgan fingerprint density at radius 1 is 1.30 bits per heavy atom. The van der Waals surface area contributed by atoms with E-state index in [1.165, 1.54) is 0 Å². The van der Waals surface area contributed by atoms with Crippen molar-refractivity contribution in [2.45, 2.75) is 38.8 Å². The Morgan fingerprint density at radius 2 is 1.95 bits per heavy atom. The molecule has 1 rings (SSSR count). The molecule has 0 saturated heterocycles. The zero-order chi connectivity index (χ0) is 15.0. The van der Waals surface area contributed by atoms with Crippen molar-refractivity contribution in [2.24, 2.45) is 11.7 Å². The molecule has 1 amide bonds. The van der Waals surface area contributed by atoms with Gasteiger partial charge < -0.3 is 11.1 Å². The summed E-state index contributed by atoms with van der Waals surface area (Å²) in [5.74, 6) is 1.38. The molecule has 0 spiro atoms. The predicted octanol–water partition coefficient (Wildman–Crippen LogP) is 2.97. The van der Waals surface area contributed by atoms with Gasteiger partial charge in [0.25, 0.3) is 0 Å². The van der Waals surface area contributed by atoms with Gasteiger partial charge in [-0.2, -0.15) is 11.8 Å². The van der Waals surface area contributed by atoms with E-state index in [0.717, 1.165) is 24.2 Å². The largest absolute Gasteiger partial charge is 0.348 e. The van der Waals surface area contributed by atoms with Crippen molar-refractivity contribution in [3.05, 3.63) is 35.9 Å². The minimum Gasteiger partial charge on any atom is -0.348 e. The molecule has 3 nitrogen and oxygen atoms in total. The highest BCUT2D eigenvalue weighted by molar-refractivity contribution is 7.98. The first-order valence-electron chi connectivity index (χ1n) is 7.14. The van der Waals surface area contributed by atoms with E-state index in [4.69, 9.17) is 5.73 Å². The summed E-state index contributed by atoms with van der Waals surface area (Å²) in [4.78, 5) is 12.2. The van der Waals surface area contributed by atoms with Crippen LogP contribution in [0.3, 0.4) is 0 Å². The second kappa shape index (κ2) is 9.03. The summed E-state index contributed by atoms with van der Waals surface area (Å²) in [6, 6.07) is 9.74. The lowest BCUT2D eigenvalue weighted by molar-refractivity contribution is -0.123. The third-order valence-corrected chi connectivity index (χ3v) is 3.84. The first kappa shape index (κ1) is 17.1. The number of carbonyl (C=O) groups is 1. The van der Waals surface area contributed by atoms with Crippen LogP contribution in [0.2, 0.25) is 0 Å². The summed E-state index contributed by atoms with van der Waals surface area (Å²) < 4.78 is 0. The highest BCUT2D eigenvalue weighted by Gasteiger charge is 2.19. The molecule has 1 aromatic carbocycles. The second-order valence-corrected chi connectivity index (χ2v) is 6.47. The van der Waals surface area contributed by atoms with Crippen LogP contribution < -0.4 is 11.1 Å². The van der Waals surface area contributed by atoms with E-state index >= 15 is 0 Å². The van der Waals surface area contributed by atoms with Crippen LogP contribution in [0.25, 0.3) is 0 Å². The normalized spacial score (nSPS) is 14.1.